The molecule has 1 aliphatic rings. The van der Waals surface area contributed by atoms with Gasteiger partial charge in [0.05, 0.1) is 27.2 Å². The van der Waals surface area contributed by atoms with E-state index in [0.29, 0.717) is 25.6 Å². The van der Waals surface area contributed by atoms with Crippen molar-refractivity contribution < 1.29 is 19.0 Å². The van der Waals surface area contributed by atoms with Crippen molar-refractivity contribution in [3.05, 3.63) is 53.1 Å². The van der Waals surface area contributed by atoms with Gasteiger partial charge in [-0.05, 0) is 62.1 Å². The number of carbonyl (C=O) groups excluding carboxylic acids is 1. The van der Waals surface area contributed by atoms with Crippen molar-refractivity contribution >= 4 is 5.91 Å². The summed E-state index contributed by atoms with van der Waals surface area (Å²) in [5.74, 6) is 2.49. The van der Waals surface area contributed by atoms with Crippen LogP contribution in [0.2, 0.25) is 0 Å². The quantitative estimate of drug-likeness (QED) is 0.648. The van der Waals surface area contributed by atoms with Crippen molar-refractivity contribution in [3.63, 3.8) is 0 Å². The second-order valence-electron chi connectivity index (χ2n) is 7.23. The molecule has 0 aromatic heterocycles. The van der Waals surface area contributed by atoms with Crippen LogP contribution in [0.25, 0.3) is 0 Å². The fraction of sp³-hybridized carbons (Fsp3) is 0.435. The molecule has 0 unspecified atom stereocenters. The van der Waals surface area contributed by atoms with Gasteiger partial charge in [-0.25, -0.2) is 0 Å². The maximum atomic E-state index is 12.9. The number of ether oxygens (including phenoxy) is 3. The number of aryl methyl sites for hydroxylation is 1. The van der Waals surface area contributed by atoms with E-state index in [2.05, 4.69) is 13.0 Å². The Labute approximate surface area is 167 Å². The van der Waals surface area contributed by atoms with Gasteiger partial charge in [-0.3, -0.25) is 4.79 Å². The molecule has 0 N–H and O–H groups in total. The summed E-state index contributed by atoms with van der Waals surface area (Å²) in [5, 5.41) is 0. The van der Waals surface area contributed by atoms with E-state index in [4.69, 9.17) is 14.2 Å². The van der Waals surface area contributed by atoms with Crippen molar-refractivity contribution in [1.82, 2.24) is 4.90 Å². The highest BCUT2D eigenvalue weighted by molar-refractivity contribution is 5.77. The summed E-state index contributed by atoms with van der Waals surface area (Å²) in [6, 6.07) is 12.0. The van der Waals surface area contributed by atoms with Crippen LogP contribution in [-0.2, 0) is 11.3 Å². The lowest BCUT2D eigenvalue weighted by atomic mass is 10.1. The number of benzene rings is 2. The van der Waals surface area contributed by atoms with Crippen molar-refractivity contribution in [2.45, 2.75) is 45.7 Å². The minimum absolute atomic E-state index is 0.109. The molecule has 0 spiro atoms. The molecule has 0 radical (unpaired) electrons. The van der Waals surface area contributed by atoms with E-state index in [1.807, 2.05) is 42.2 Å². The molecule has 0 saturated heterocycles. The maximum absolute atomic E-state index is 12.9. The van der Waals surface area contributed by atoms with Crippen molar-refractivity contribution in [3.8, 4) is 17.2 Å². The number of rotatable bonds is 9. The normalized spacial score (nSPS) is 13.1. The summed E-state index contributed by atoms with van der Waals surface area (Å²) >= 11 is 0. The molecule has 2 aromatic rings. The van der Waals surface area contributed by atoms with Gasteiger partial charge in [0, 0.05) is 18.2 Å². The predicted octanol–water partition coefficient (Wildman–Crippen LogP) is 4.28. The van der Waals surface area contributed by atoms with Crippen LogP contribution in [-0.4, -0.2) is 37.7 Å². The monoisotopic (exact) mass is 383 g/mol. The molecular weight excluding hydrogens is 354 g/mol. The average molecular weight is 383 g/mol. The number of nitrogens with zero attached hydrogens (tertiary/aromatic N) is 1. The average Bonchev–Trinajstić information content (AvgIpc) is 3.54. The molecule has 150 valence electrons. The van der Waals surface area contributed by atoms with Crippen molar-refractivity contribution in [2.75, 3.05) is 20.8 Å². The van der Waals surface area contributed by atoms with Crippen LogP contribution in [0.5, 0.6) is 17.2 Å². The first kappa shape index (κ1) is 20.1. The van der Waals surface area contributed by atoms with E-state index in [1.165, 1.54) is 5.56 Å². The van der Waals surface area contributed by atoms with Crippen LogP contribution in [0.15, 0.2) is 36.4 Å². The molecule has 0 bridgehead atoms. The second-order valence-corrected chi connectivity index (χ2v) is 7.23. The van der Waals surface area contributed by atoms with E-state index in [0.717, 1.165) is 41.2 Å². The van der Waals surface area contributed by atoms with Gasteiger partial charge in [0.15, 0.2) is 0 Å². The van der Waals surface area contributed by atoms with Crippen LogP contribution in [0, 0.1) is 13.8 Å². The molecule has 0 aliphatic heterocycles. The van der Waals surface area contributed by atoms with Crippen molar-refractivity contribution in [1.29, 1.82) is 0 Å². The third kappa shape index (κ3) is 4.77. The first-order valence-corrected chi connectivity index (χ1v) is 9.73. The molecule has 0 atom stereocenters. The topological polar surface area (TPSA) is 48.0 Å². The molecule has 1 aliphatic carbocycles. The maximum Gasteiger partial charge on any atom is 0.226 e. The Hall–Kier alpha value is -2.69. The summed E-state index contributed by atoms with van der Waals surface area (Å²) in [6.45, 7) is 5.00. The molecule has 1 amide bonds. The summed E-state index contributed by atoms with van der Waals surface area (Å²) < 4.78 is 16.7. The molecule has 5 heteroatoms. The van der Waals surface area contributed by atoms with Gasteiger partial charge in [0.2, 0.25) is 5.91 Å². The van der Waals surface area contributed by atoms with Crippen LogP contribution in [0.4, 0.5) is 0 Å². The van der Waals surface area contributed by atoms with Crippen molar-refractivity contribution in [2.24, 2.45) is 0 Å². The number of amides is 1. The highest BCUT2D eigenvalue weighted by Gasteiger charge is 2.33. The minimum atomic E-state index is 0.109. The lowest BCUT2D eigenvalue weighted by Gasteiger charge is -2.24. The van der Waals surface area contributed by atoms with E-state index in [9.17, 15) is 4.79 Å². The van der Waals surface area contributed by atoms with Crippen LogP contribution < -0.4 is 14.2 Å². The van der Waals surface area contributed by atoms with Gasteiger partial charge in [-0.1, -0.05) is 12.1 Å². The molecular formula is C23H29NO4. The second kappa shape index (κ2) is 9.00. The SMILES string of the molecule is COc1ccc(OC)c(CN(C(=O)CCOc2cccc(C)c2C)C2CC2)c1. The molecule has 1 saturated carbocycles. The van der Waals surface area contributed by atoms with Crippen LogP contribution >= 0.6 is 0 Å². The van der Waals surface area contributed by atoms with E-state index >= 15 is 0 Å². The van der Waals surface area contributed by atoms with Gasteiger partial charge < -0.3 is 19.1 Å². The van der Waals surface area contributed by atoms with Gasteiger partial charge in [-0.2, -0.15) is 0 Å². The zero-order valence-electron chi connectivity index (χ0n) is 17.2. The molecule has 1 fully saturated rings. The lowest BCUT2D eigenvalue weighted by molar-refractivity contribution is -0.133. The van der Waals surface area contributed by atoms with Gasteiger partial charge in [0.25, 0.3) is 0 Å². The van der Waals surface area contributed by atoms with Gasteiger partial charge >= 0.3 is 0 Å². The molecule has 28 heavy (non-hydrogen) atoms. The first-order valence-electron chi connectivity index (χ1n) is 9.73. The first-order chi connectivity index (χ1) is 13.5. The molecule has 3 rings (SSSR count). The Kier molecular flexibility index (Phi) is 6.45. The van der Waals surface area contributed by atoms with E-state index in [-0.39, 0.29) is 5.91 Å². The number of hydrogen-bond donors (Lipinski definition) is 0. The summed E-state index contributed by atoms with van der Waals surface area (Å²) in [6.07, 6.45) is 2.46. The summed E-state index contributed by atoms with van der Waals surface area (Å²) in [5.41, 5.74) is 3.27. The zero-order chi connectivity index (χ0) is 20.1. The smallest absolute Gasteiger partial charge is 0.226 e. The Morgan fingerprint density at radius 1 is 1.07 bits per heavy atom. The zero-order valence-corrected chi connectivity index (χ0v) is 17.2. The third-order valence-electron chi connectivity index (χ3n) is 5.26. The van der Waals surface area contributed by atoms with Gasteiger partial charge in [-0.15, -0.1) is 0 Å². The fourth-order valence-corrected chi connectivity index (χ4v) is 3.27. The minimum Gasteiger partial charge on any atom is -0.497 e. The number of methoxy groups -OCH3 is 2. The lowest BCUT2D eigenvalue weighted by Crippen LogP contribution is -2.33. The van der Waals surface area contributed by atoms with Crippen LogP contribution in [0.3, 0.4) is 0 Å². The van der Waals surface area contributed by atoms with Gasteiger partial charge in [0.1, 0.15) is 17.2 Å². The Morgan fingerprint density at radius 2 is 1.86 bits per heavy atom. The van der Waals surface area contributed by atoms with Crippen LogP contribution in [0.1, 0.15) is 36.0 Å². The third-order valence-corrected chi connectivity index (χ3v) is 5.26. The number of hydrogen-bond acceptors (Lipinski definition) is 4. The van der Waals surface area contributed by atoms with E-state index < -0.39 is 0 Å². The molecule has 2 aromatic carbocycles. The predicted molar refractivity (Wildman–Crippen MR) is 109 cm³/mol. The highest BCUT2D eigenvalue weighted by Crippen LogP contribution is 2.32. The Bertz CT molecular complexity index is 829. The summed E-state index contributed by atoms with van der Waals surface area (Å²) in [7, 11) is 3.28. The molecule has 0 heterocycles. The highest BCUT2D eigenvalue weighted by atomic mass is 16.5. The van der Waals surface area contributed by atoms with E-state index in [1.54, 1.807) is 14.2 Å². The Morgan fingerprint density at radius 3 is 2.54 bits per heavy atom. The summed E-state index contributed by atoms with van der Waals surface area (Å²) in [4.78, 5) is 14.8. The standard InChI is InChI=1S/C23H29NO4/c1-16-6-5-7-21(17(16)2)28-13-12-23(25)24(19-8-9-19)15-18-14-20(26-3)10-11-22(18)27-4/h5-7,10-11,14,19H,8-9,12-13,15H2,1-4H3. The molecule has 5 nitrogen and oxygen atoms in total. The Balaban J connectivity index is 1.64. The fourth-order valence-electron chi connectivity index (χ4n) is 3.27. The largest absolute Gasteiger partial charge is 0.497 e. The number of carbonyl (C=O) groups is 1.